The lowest BCUT2D eigenvalue weighted by Gasteiger charge is -2.21. The summed E-state index contributed by atoms with van der Waals surface area (Å²) in [5.74, 6) is 1.80. The van der Waals surface area contributed by atoms with Gasteiger partial charge in [0.15, 0.2) is 0 Å². The van der Waals surface area contributed by atoms with Crippen molar-refractivity contribution in [2.45, 2.75) is 66.0 Å². The molecule has 0 aromatic carbocycles. The van der Waals surface area contributed by atoms with E-state index in [9.17, 15) is 0 Å². The maximum atomic E-state index is 2.60. The van der Waals surface area contributed by atoms with Crippen LogP contribution in [0.15, 0.2) is 0 Å². The van der Waals surface area contributed by atoms with E-state index in [1.165, 1.54) is 25.8 Å². The highest BCUT2D eigenvalue weighted by Gasteiger charge is 2.33. The molecule has 1 nitrogen and oxygen atoms in total. The third-order valence-electron chi connectivity index (χ3n) is 4.13. The Balaban J connectivity index is 2.13. The molecule has 84 valence electrons. The van der Waals surface area contributed by atoms with Crippen molar-refractivity contribution in [3.8, 4) is 0 Å². The second kappa shape index (κ2) is 5.16. The van der Waals surface area contributed by atoms with Gasteiger partial charge in [-0.15, -0.1) is 0 Å². The molecule has 0 radical (unpaired) electrons. The molecule has 0 amide bonds. The van der Waals surface area contributed by atoms with E-state index in [4.69, 9.17) is 0 Å². The quantitative estimate of drug-likeness (QED) is 0.589. The fourth-order valence-electron chi connectivity index (χ4n) is 2.23. The van der Waals surface area contributed by atoms with Crippen molar-refractivity contribution in [1.29, 1.82) is 0 Å². The summed E-state index contributed by atoms with van der Waals surface area (Å²) in [5, 5.41) is 0. The van der Waals surface area contributed by atoms with Gasteiger partial charge in [-0.05, 0) is 38.5 Å². The third kappa shape index (κ3) is 3.27. The number of hydrogen-bond acceptors (Lipinski definition) is 1. The van der Waals surface area contributed by atoms with Crippen LogP contribution >= 0.6 is 0 Å². The van der Waals surface area contributed by atoms with Gasteiger partial charge in [-0.25, -0.2) is 0 Å². The Morgan fingerprint density at radius 1 is 1.14 bits per heavy atom. The molecule has 0 aromatic rings. The Labute approximate surface area is 89.9 Å². The molecular formula is C13H27N. The van der Waals surface area contributed by atoms with E-state index >= 15 is 0 Å². The van der Waals surface area contributed by atoms with Crippen LogP contribution in [0.25, 0.3) is 0 Å². The largest absolute Gasteiger partial charge is 0.295 e. The van der Waals surface area contributed by atoms with Crippen molar-refractivity contribution in [2.75, 3.05) is 6.54 Å². The Bertz CT molecular complexity index is 157. The van der Waals surface area contributed by atoms with Crippen LogP contribution < -0.4 is 0 Å². The van der Waals surface area contributed by atoms with Crippen LogP contribution in [0.3, 0.4) is 0 Å². The van der Waals surface area contributed by atoms with Crippen LogP contribution in [0, 0.1) is 11.8 Å². The van der Waals surface area contributed by atoms with E-state index in [0.717, 1.165) is 23.9 Å². The van der Waals surface area contributed by atoms with Gasteiger partial charge in [-0.1, -0.05) is 27.2 Å². The summed E-state index contributed by atoms with van der Waals surface area (Å²) >= 11 is 0. The Morgan fingerprint density at radius 3 is 2.14 bits per heavy atom. The Kier molecular flexibility index (Phi) is 4.43. The fraction of sp³-hybridized carbons (Fsp3) is 1.00. The van der Waals surface area contributed by atoms with E-state index in [-0.39, 0.29) is 0 Å². The van der Waals surface area contributed by atoms with Gasteiger partial charge in [-0.3, -0.25) is 4.90 Å². The van der Waals surface area contributed by atoms with Crippen LogP contribution in [0.5, 0.6) is 0 Å². The van der Waals surface area contributed by atoms with Crippen LogP contribution in [-0.4, -0.2) is 23.5 Å². The van der Waals surface area contributed by atoms with Gasteiger partial charge in [0, 0.05) is 18.6 Å². The van der Waals surface area contributed by atoms with Gasteiger partial charge >= 0.3 is 0 Å². The van der Waals surface area contributed by atoms with Crippen LogP contribution in [-0.2, 0) is 0 Å². The molecule has 1 heterocycles. The molecule has 0 aromatic heterocycles. The second-order valence-electron chi connectivity index (χ2n) is 5.34. The highest BCUT2D eigenvalue weighted by atomic mass is 15.3. The van der Waals surface area contributed by atoms with E-state index in [1.807, 2.05) is 0 Å². The molecule has 1 saturated heterocycles. The van der Waals surface area contributed by atoms with E-state index in [0.29, 0.717) is 0 Å². The Morgan fingerprint density at radius 2 is 1.71 bits per heavy atom. The monoisotopic (exact) mass is 197 g/mol. The molecule has 4 unspecified atom stereocenters. The first kappa shape index (κ1) is 12.0. The minimum Gasteiger partial charge on any atom is -0.295 e. The molecule has 0 bridgehead atoms. The zero-order valence-electron chi connectivity index (χ0n) is 10.6. The first-order valence-electron chi connectivity index (χ1n) is 6.32. The average molecular weight is 197 g/mol. The van der Waals surface area contributed by atoms with E-state index in [1.54, 1.807) is 0 Å². The molecule has 1 rings (SSSR count). The van der Waals surface area contributed by atoms with Gasteiger partial charge in [0.05, 0.1) is 0 Å². The molecule has 0 N–H and O–H groups in total. The van der Waals surface area contributed by atoms with E-state index < -0.39 is 0 Å². The van der Waals surface area contributed by atoms with Crippen molar-refractivity contribution in [3.63, 3.8) is 0 Å². The van der Waals surface area contributed by atoms with Crippen LogP contribution in [0.4, 0.5) is 0 Å². The lowest BCUT2D eigenvalue weighted by atomic mass is 9.88. The van der Waals surface area contributed by atoms with Gasteiger partial charge in [0.2, 0.25) is 0 Å². The minimum atomic E-state index is 0.816. The average Bonchev–Trinajstić information content (AvgIpc) is 2.90. The first-order valence-corrected chi connectivity index (χ1v) is 6.32. The normalized spacial score (nSPS) is 32.4. The highest BCUT2D eigenvalue weighted by Crippen LogP contribution is 2.26. The molecule has 5 atom stereocenters. The predicted molar refractivity (Wildman–Crippen MR) is 63.5 cm³/mol. The number of nitrogens with zero attached hydrogens (tertiary/aromatic N) is 1. The standard InChI is InChI=1S/C13H27N/c1-6-10(2)11(3)7-8-12(4)14-9-13(14)5/h10-13H,6-9H2,1-5H3/t10?,11?,12-,13?,14?/m1/s1. The van der Waals surface area contributed by atoms with Gasteiger partial charge in [0.25, 0.3) is 0 Å². The SMILES string of the molecule is CCC(C)C(C)CC[C@@H](C)N1CC1C. The van der Waals surface area contributed by atoms with Crippen molar-refractivity contribution < 1.29 is 0 Å². The topological polar surface area (TPSA) is 3.01 Å². The maximum absolute atomic E-state index is 2.60. The number of rotatable bonds is 6. The van der Waals surface area contributed by atoms with Crippen molar-refractivity contribution in [2.24, 2.45) is 11.8 Å². The molecule has 1 heteroatoms. The molecule has 1 aliphatic rings. The Hall–Kier alpha value is -0.0400. The fourth-order valence-corrected chi connectivity index (χ4v) is 2.23. The van der Waals surface area contributed by atoms with Crippen LogP contribution in [0.1, 0.15) is 53.9 Å². The minimum absolute atomic E-state index is 0.816. The third-order valence-corrected chi connectivity index (χ3v) is 4.13. The molecule has 1 aliphatic heterocycles. The van der Waals surface area contributed by atoms with Crippen molar-refractivity contribution >= 4 is 0 Å². The first-order chi connectivity index (χ1) is 6.56. The lowest BCUT2D eigenvalue weighted by Crippen LogP contribution is -2.18. The molecule has 0 aliphatic carbocycles. The summed E-state index contributed by atoms with van der Waals surface area (Å²) in [4.78, 5) is 2.60. The maximum Gasteiger partial charge on any atom is 0.0198 e. The van der Waals surface area contributed by atoms with Gasteiger partial charge < -0.3 is 0 Å². The second-order valence-corrected chi connectivity index (χ2v) is 5.34. The molecule has 0 spiro atoms. The summed E-state index contributed by atoms with van der Waals surface area (Å²) in [5.41, 5.74) is 0. The van der Waals surface area contributed by atoms with Crippen molar-refractivity contribution in [3.05, 3.63) is 0 Å². The number of hydrogen-bond donors (Lipinski definition) is 0. The lowest BCUT2D eigenvalue weighted by molar-refractivity contribution is 0.298. The zero-order valence-corrected chi connectivity index (χ0v) is 10.6. The van der Waals surface area contributed by atoms with E-state index in [2.05, 4.69) is 39.5 Å². The smallest absolute Gasteiger partial charge is 0.0198 e. The van der Waals surface area contributed by atoms with Gasteiger partial charge in [0.1, 0.15) is 0 Å². The summed E-state index contributed by atoms with van der Waals surface area (Å²) in [7, 11) is 0. The molecule has 1 fully saturated rings. The summed E-state index contributed by atoms with van der Waals surface area (Å²) in [6.45, 7) is 13.1. The van der Waals surface area contributed by atoms with Gasteiger partial charge in [-0.2, -0.15) is 0 Å². The van der Waals surface area contributed by atoms with Crippen LogP contribution in [0.2, 0.25) is 0 Å². The molecule has 0 saturated carbocycles. The molecular weight excluding hydrogens is 170 g/mol. The zero-order chi connectivity index (χ0) is 10.7. The summed E-state index contributed by atoms with van der Waals surface area (Å²) < 4.78 is 0. The predicted octanol–water partition coefficient (Wildman–Crippen LogP) is 3.54. The summed E-state index contributed by atoms with van der Waals surface area (Å²) in [6, 6.07) is 1.68. The van der Waals surface area contributed by atoms with Crippen molar-refractivity contribution in [1.82, 2.24) is 4.90 Å². The highest BCUT2D eigenvalue weighted by molar-refractivity contribution is 4.89. The molecule has 14 heavy (non-hydrogen) atoms. The summed E-state index contributed by atoms with van der Waals surface area (Å²) in [6.07, 6.45) is 4.12.